The lowest BCUT2D eigenvalue weighted by atomic mass is 9.61. The van der Waals surface area contributed by atoms with Gasteiger partial charge >= 0.3 is 6.36 Å². The molecular formula is C24H28F3N7O. The number of nitrogens with two attached hydrogens (primary N) is 1. The number of fused-ring (bicyclic) bond motifs is 3. The molecule has 1 spiro atoms. The molecule has 4 heterocycles. The van der Waals surface area contributed by atoms with Gasteiger partial charge in [-0.2, -0.15) is 0 Å². The Morgan fingerprint density at radius 3 is 2.66 bits per heavy atom. The number of aromatic nitrogens is 3. The summed E-state index contributed by atoms with van der Waals surface area (Å²) in [5.74, 6) is 0.587. The second-order valence-corrected chi connectivity index (χ2v) is 10.0. The zero-order valence-corrected chi connectivity index (χ0v) is 19.5. The van der Waals surface area contributed by atoms with Crippen molar-refractivity contribution in [2.45, 2.75) is 38.1 Å². The number of nitrogens with one attached hydrogen (secondary N) is 1. The molecule has 3 aromatic rings. The first-order valence-electron chi connectivity index (χ1n) is 11.9. The third-order valence-corrected chi connectivity index (χ3v) is 7.61. The first kappa shape index (κ1) is 22.3. The monoisotopic (exact) mass is 487 g/mol. The molecule has 35 heavy (non-hydrogen) atoms. The highest BCUT2D eigenvalue weighted by molar-refractivity contribution is 5.92. The molecule has 3 aliphatic rings. The summed E-state index contributed by atoms with van der Waals surface area (Å²) >= 11 is 0. The van der Waals surface area contributed by atoms with Crippen LogP contribution in [0.3, 0.4) is 0 Å². The van der Waals surface area contributed by atoms with Crippen molar-refractivity contribution in [3.05, 3.63) is 30.5 Å². The van der Waals surface area contributed by atoms with Gasteiger partial charge < -0.3 is 25.6 Å². The van der Waals surface area contributed by atoms with E-state index in [1.807, 2.05) is 0 Å². The quantitative estimate of drug-likeness (QED) is 0.580. The molecule has 2 aromatic heterocycles. The Labute approximate surface area is 200 Å². The van der Waals surface area contributed by atoms with Gasteiger partial charge in [-0.15, -0.1) is 18.3 Å². The molecule has 186 valence electrons. The highest BCUT2D eigenvalue weighted by Gasteiger charge is 2.45. The fourth-order valence-electron chi connectivity index (χ4n) is 5.88. The molecule has 2 fully saturated rings. The second kappa shape index (κ2) is 7.91. The summed E-state index contributed by atoms with van der Waals surface area (Å²) in [7, 11) is 2.06. The fourth-order valence-corrected chi connectivity index (χ4v) is 5.88. The second-order valence-electron chi connectivity index (χ2n) is 10.0. The molecule has 0 atom stereocenters. The number of ether oxygens (including phenoxy) is 1. The molecule has 0 amide bonds. The Bertz CT molecular complexity index is 1260. The number of hydrogen-bond acceptors (Lipinski definition) is 7. The number of anilines is 3. The van der Waals surface area contributed by atoms with Crippen molar-refractivity contribution >= 4 is 22.8 Å². The molecular weight excluding hydrogens is 459 g/mol. The molecule has 6 rings (SSSR count). The number of rotatable bonds is 3. The lowest BCUT2D eigenvalue weighted by molar-refractivity contribution is -0.274. The largest absolute Gasteiger partial charge is 0.573 e. The van der Waals surface area contributed by atoms with Crippen LogP contribution in [0.5, 0.6) is 5.75 Å². The standard InChI is InChI=1S/C24H28F3N7O/c1-32-10-7-29-19-20(32)22(33-8-5-23(6-9-33)12-16(28)13-23)31-34-18(14-30-21(19)34)15-3-2-4-17(11-15)35-24(25,26)27/h2-4,11,14,16,29H,5-10,12-13,28H2,1H3. The van der Waals surface area contributed by atoms with E-state index < -0.39 is 6.36 Å². The summed E-state index contributed by atoms with van der Waals surface area (Å²) in [4.78, 5) is 9.12. The van der Waals surface area contributed by atoms with E-state index in [9.17, 15) is 13.2 Å². The lowest BCUT2D eigenvalue weighted by Crippen LogP contribution is -2.52. The zero-order valence-electron chi connectivity index (χ0n) is 19.5. The van der Waals surface area contributed by atoms with Crippen molar-refractivity contribution in [2.24, 2.45) is 11.1 Å². The molecule has 8 nitrogen and oxygen atoms in total. The van der Waals surface area contributed by atoms with Gasteiger partial charge in [0.2, 0.25) is 0 Å². The van der Waals surface area contributed by atoms with Crippen LogP contribution in [0.4, 0.5) is 30.4 Å². The number of likely N-dealkylation sites (N-methyl/N-ethyl adjacent to an activating group) is 1. The highest BCUT2D eigenvalue weighted by Crippen LogP contribution is 2.50. The predicted octanol–water partition coefficient (Wildman–Crippen LogP) is 3.86. The van der Waals surface area contributed by atoms with E-state index in [0.29, 0.717) is 28.4 Å². The van der Waals surface area contributed by atoms with Gasteiger partial charge in [0.1, 0.15) is 17.1 Å². The molecule has 11 heteroatoms. The number of nitrogens with zero attached hydrogens (tertiary/aromatic N) is 5. The van der Waals surface area contributed by atoms with E-state index in [1.165, 1.54) is 18.2 Å². The minimum absolute atomic E-state index is 0.277. The molecule has 0 unspecified atom stereocenters. The maximum atomic E-state index is 12.8. The Morgan fingerprint density at radius 1 is 1.17 bits per heavy atom. The SMILES string of the molecule is CN1CCNc2c1c(N1CCC3(CC1)CC(N)C3)nn1c(-c3cccc(OC(F)(F)F)c3)cnc21. The number of alkyl halides is 3. The van der Waals surface area contributed by atoms with Gasteiger partial charge in [-0.1, -0.05) is 12.1 Å². The lowest BCUT2D eigenvalue weighted by Gasteiger charge is -2.51. The van der Waals surface area contributed by atoms with E-state index in [2.05, 4.69) is 31.9 Å². The topological polar surface area (TPSA) is 84.0 Å². The van der Waals surface area contributed by atoms with Crippen LogP contribution in [0.1, 0.15) is 25.7 Å². The van der Waals surface area contributed by atoms with Gasteiger partial charge in [0.25, 0.3) is 0 Å². The number of hydrogen-bond donors (Lipinski definition) is 2. The summed E-state index contributed by atoms with van der Waals surface area (Å²) in [6, 6.07) is 6.24. The molecule has 1 aliphatic carbocycles. The highest BCUT2D eigenvalue weighted by atomic mass is 19.4. The van der Waals surface area contributed by atoms with Gasteiger partial charge in [-0.25, -0.2) is 9.50 Å². The van der Waals surface area contributed by atoms with Gasteiger partial charge in [-0.05, 0) is 43.2 Å². The van der Waals surface area contributed by atoms with Crippen molar-refractivity contribution in [3.8, 4) is 17.0 Å². The smallest absolute Gasteiger partial charge is 0.406 e. The summed E-state index contributed by atoms with van der Waals surface area (Å²) in [6.45, 7) is 3.39. The van der Waals surface area contributed by atoms with Gasteiger partial charge in [0.15, 0.2) is 11.5 Å². The first-order valence-corrected chi connectivity index (χ1v) is 11.9. The van der Waals surface area contributed by atoms with Crippen LogP contribution in [0.2, 0.25) is 0 Å². The van der Waals surface area contributed by atoms with Crippen molar-refractivity contribution in [1.82, 2.24) is 14.6 Å². The number of benzene rings is 1. The fraction of sp³-hybridized carbons (Fsp3) is 0.500. The number of halogens is 3. The third-order valence-electron chi connectivity index (χ3n) is 7.61. The van der Waals surface area contributed by atoms with Crippen LogP contribution in [-0.2, 0) is 0 Å². The van der Waals surface area contributed by atoms with Crippen LogP contribution in [0, 0.1) is 5.41 Å². The summed E-state index contributed by atoms with van der Waals surface area (Å²) in [6.07, 6.45) is 1.24. The molecule has 0 bridgehead atoms. The predicted molar refractivity (Wildman–Crippen MR) is 128 cm³/mol. The molecule has 2 aliphatic heterocycles. The Hall–Kier alpha value is -3.21. The first-order chi connectivity index (χ1) is 16.7. The molecule has 0 radical (unpaired) electrons. The van der Waals surface area contributed by atoms with Crippen LogP contribution in [0.25, 0.3) is 16.9 Å². The number of piperidine rings is 1. The number of imidazole rings is 1. The van der Waals surface area contributed by atoms with Crippen LogP contribution in [-0.4, -0.2) is 60.2 Å². The normalized spacial score (nSPS) is 20.0. The summed E-state index contributed by atoms with van der Waals surface area (Å²) < 4.78 is 44.2. The molecule has 1 saturated carbocycles. The van der Waals surface area contributed by atoms with E-state index >= 15 is 0 Å². The minimum Gasteiger partial charge on any atom is -0.406 e. The van der Waals surface area contributed by atoms with Gasteiger partial charge in [0.05, 0.1) is 11.9 Å². The van der Waals surface area contributed by atoms with Crippen LogP contribution >= 0.6 is 0 Å². The third kappa shape index (κ3) is 3.91. The van der Waals surface area contributed by atoms with E-state index in [0.717, 1.165) is 69.1 Å². The van der Waals surface area contributed by atoms with Crippen molar-refractivity contribution in [1.29, 1.82) is 0 Å². The van der Waals surface area contributed by atoms with Crippen molar-refractivity contribution in [2.75, 3.05) is 48.3 Å². The molecule has 1 aromatic carbocycles. The molecule has 3 N–H and O–H groups in total. The van der Waals surface area contributed by atoms with E-state index in [4.69, 9.17) is 10.8 Å². The van der Waals surface area contributed by atoms with Crippen LogP contribution < -0.4 is 25.6 Å². The van der Waals surface area contributed by atoms with E-state index in [-0.39, 0.29) is 5.75 Å². The van der Waals surface area contributed by atoms with Crippen molar-refractivity contribution in [3.63, 3.8) is 0 Å². The Balaban J connectivity index is 1.42. The molecule has 1 saturated heterocycles. The maximum Gasteiger partial charge on any atom is 0.573 e. The van der Waals surface area contributed by atoms with Gasteiger partial charge in [-0.3, -0.25) is 0 Å². The maximum absolute atomic E-state index is 12.8. The Morgan fingerprint density at radius 2 is 1.94 bits per heavy atom. The summed E-state index contributed by atoms with van der Waals surface area (Å²) in [5, 5.41) is 8.51. The Kier molecular flexibility index (Phi) is 5.03. The summed E-state index contributed by atoms with van der Waals surface area (Å²) in [5.41, 5.74) is 10.1. The van der Waals surface area contributed by atoms with E-state index in [1.54, 1.807) is 16.8 Å². The zero-order chi connectivity index (χ0) is 24.4. The average molecular weight is 488 g/mol. The minimum atomic E-state index is -4.76. The van der Waals surface area contributed by atoms with Gasteiger partial charge in [0, 0.05) is 44.8 Å². The average Bonchev–Trinajstić information content (AvgIpc) is 3.22. The van der Waals surface area contributed by atoms with Crippen LogP contribution in [0.15, 0.2) is 30.5 Å². The van der Waals surface area contributed by atoms with Crippen molar-refractivity contribution < 1.29 is 17.9 Å².